The molecular weight excluding hydrogens is 366 g/mol. The molecule has 0 radical (unpaired) electrons. The van der Waals surface area contributed by atoms with Crippen LogP contribution in [0.1, 0.15) is 29.0 Å². The average Bonchev–Trinajstić information content (AvgIpc) is 3.21. The lowest BCUT2D eigenvalue weighted by atomic mass is 9.95. The van der Waals surface area contributed by atoms with Crippen LogP contribution in [0.4, 0.5) is 0 Å². The van der Waals surface area contributed by atoms with Gasteiger partial charge in [0.15, 0.2) is 5.79 Å². The van der Waals surface area contributed by atoms with Gasteiger partial charge in [0.25, 0.3) is 5.91 Å². The van der Waals surface area contributed by atoms with Crippen molar-refractivity contribution in [2.45, 2.75) is 25.6 Å². The molecule has 0 unspecified atom stereocenters. The van der Waals surface area contributed by atoms with Gasteiger partial charge in [-0.25, -0.2) is 9.97 Å². The van der Waals surface area contributed by atoms with Gasteiger partial charge in [0, 0.05) is 49.5 Å². The average molecular weight is 389 g/mol. The maximum atomic E-state index is 13.3. The van der Waals surface area contributed by atoms with Crippen LogP contribution in [0.25, 0.3) is 21.9 Å². The summed E-state index contributed by atoms with van der Waals surface area (Å²) in [5, 5.41) is 1.98. The number of piperidine rings is 1. The normalized spacial score (nSPS) is 18.4. The number of ether oxygens (including phenoxy) is 2. The molecule has 2 aliphatic heterocycles. The standard InChI is InChI=1S/C23H23N3O3/c1-16-24-14-17(15-25-16)18-4-2-6-20-19(18)5-3-7-21(20)22(27)26-10-8-23(9-11-26)28-12-13-29-23/h2-7,14-15H,8-13H2,1H3. The van der Waals surface area contributed by atoms with E-state index in [0.717, 1.165) is 46.1 Å². The van der Waals surface area contributed by atoms with Gasteiger partial charge in [0.05, 0.1) is 13.2 Å². The molecule has 0 atom stereocenters. The molecule has 5 rings (SSSR count). The molecule has 6 heteroatoms. The summed E-state index contributed by atoms with van der Waals surface area (Å²) in [5.74, 6) is 0.317. The maximum Gasteiger partial charge on any atom is 0.254 e. The Balaban J connectivity index is 1.47. The Morgan fingerprint density at radius 1 is 0.966 bits per heavy atom. The Kier molecular flexibility index (Phi) is 4.53. The fourth-order valence-electron chi connectivity index (χ4n) is 4.29. The molecule has 1 spiro atoms. The van der Waals surface area contributed by atoms with E-state index in [2.05, 4.69) is 9.97 Å². The van der Waals surface area contributed by atoms with Gasteiger partial charge in [0.1, 0.15) is 5.82 Å². The molecule has 2 saturated heterocycles. The lowest BCUT2D eigenvalue weighted by Gasteiger charge is -2.37. The van der Waals surface area contributed by atoms with Crippen LogP contribution in [-0.4, -0.2) is 52.9 Å². The van der Waals surface area contributed by atoms with E-state index < -0.39 is 5.79 Å². The van der Waals surface area contributed by atoms with Gasteiger partial charge in [0.2, 0.25) is 0 Å². The van der Waals surface area contributed by atoms with E-state index >= 15 is 0 Å². The zero-order valence-corrected chi connectivity index (χ0v) is 16.4. The van der Waals surface area contributed by atoms with Crippen LogP contribution in [0.15, 0.2) is 48.8 Å². The van der Waals surface area contributed by atoms with Crippen LogP contribution < -0.4 is 0 Å². The third kappa shape index (κ3) is 3.28. The largest absolute Gasteiger partial charge is 0.347 e. The van der Waals surface area contributed by atoms with E-state index in [0.29, 0.717) is 26.3 Å². The molecule has 0 bridgehead atoms. The maximum absolute atomic E-state index is 13.3. The Labute approximate surface area is 169 Å². The molecule has 3 aromatic rings. The monoisotopic (exact) mass is 389 g/mol. The highest BCUT2D eigenvalue weighted by molar-refractivity contribution is 6.10. The molecule has 0 saturated carbocycles. The molecule has 148 valence electrons. The highest BCUT2D eigenvalue weighted by Gasteiger charge is 2.41. The summed E-state index contributed by atoms with van der Waals surface area (Å²) >= 11 is 0. The first-order valence-corrected chi connectivity index (χ1v) is 10.0. The summed E-state index contributed by atoms with van der Waals surface area (Å²) in [6.07, 6.45) is 5.10. The van der Waals surface area contributed by atoms with Crippen LogP contribution in [0.5, 0.6) is 0 Å². The van der Waals surface area contributed by atoms with Crippen LogP contribution in [0.3, 0.4) is 0 Å². The zero-order valence-electron chi connectivity index (χ0n) is 16.4. The number of carbonyl (C=O) groups excluding carboxylic acids is 1. The van der Waals surface area contributed by atoms with Crippen molar-refractivity contribution in [1.29, 1.82) is 0 Å². The SMILES string of the molecule is Cc1ncc(-c2cccc3c(C(=O)N4CCC5(CC4)OCCO5)cccc23)cn1. The van der Waals surface area contributed by atoms with E-state index in [4.69, 9.17) is 9.47 Å². The second-order valence-corrected chi connectivity index (χ2v) is 7.63. The van der Waals surface area contributed by atoms with Crippen LogP contribution in [0, 0.1) is 6.92 Å². The number of fused-ring (bicyclic) bond motifs is 1. The van der Waals surface area contributed by atoms with Crippen molar-refractivity contribution in [3.63, 3.8) is 0 Å². The van der Waals surface area contributed by atoms with Crippen molar-refractivity contribution in [1.82, 2.24) is 14.9 Å². The minimum absolute atomic E-state index is 0.0563. The summed E-state index contributed by atoms with van der Waals surface area (Å²) < 4.78 is 11.6. The van der Waals surface area contributed by atoms with Gasteiger partial charge in [-0.2, -0.15) is 0 Å². The first-order valence-electron chi connectivity index (χ1n) is 10.0. The minimum Gasteiger partial charge on any atom is -0.347 e. The molecule has 0 aliphatic carbocycles. The molecule has 2 aromatic carbocycles. The molecular formula is C23H23N3O3. The number of hydrogen-bond donors (Lipinski definition) is 0. The van der Waals surface area contributed by atoms with Crippen LogP contribution in [-0.2, 0) is 9.47 Å². The van der Waals surface area contributed by atoms with E-state index in [9.17, 15) is 4.79 Å². The molecule has 6 nitrogen and oxygen atoms in total. The van der Waals surface area contributed by atoms with Gasteiger partial charge < -0.3 is 14.4 Å². The first kappa shape index (κ1) is 18.2. The summed E-state index contributed by atoms with van der Waals surface area (Å²) in [5.41, 5.74) is 2.70. The van der Waals surface area contributed by atoms with Gasteiger partial charge in [-0.3, -0.25) is 4.79 Å². The summed E-state index contributed by atoms with van der Waals surface area (Å²) in [6.45, 7) is 4.43. The van der Waals surface area contributed by atoms with Crippen molar-refractivity contribution in [3.05, 3.63) is 60.2 Å². The van der Waals surface area contributed by atoms with E-state index in [1.54, 1.807) is 0 Å². The van der Waals surface area contributed by atoms with E-state index in [1.807, 2.05) is 60.6 Å². The van der Waals surface area contributed by atoms with Gasteiger partial charge in [-0.05, 0) is 29.3 Å². The van der Waals surface area contributed by atoms with Crippen molar-refractivity contribution in [3.8, 4) is 11.1 Å². The van der Waals surface area contributed by atoms with Crippen LogP contribution in [0.2, 0.25) is 0 Å². The van der Waals surface area contributed by atoms with Gasteiger partial charge in [-0.1, -0.05) is 30.3 Å². The van der Waals surface area contributed by atoms with E-state index in [1.165, 1.54) is 0 Å². The number of benzene rings is 2. The second kappa shape index (κ2) is 7.21. The smallest absolute Gasteiger partial charge is 0.254 e. The molecule has 2 aliphatic rings. The second-order valence-electron chi connectivity index (χ2n) is 7.63. The molecule has 1 aromatic heterocycles. The Bertz CT molecular complexity index is 1050. The van der Waals surface area contributed by atoms with Crippen molar-refractivity contribution >= 4 is 16.7 Å². The Morgan fingerprint density at radius 3 is 2.34 bits per heavy atom. The Morgan fingerprint density at radius 2 is 1.62 bits per heavy atom. The number of rotatable bonds is 2. The number of likely N-dealkylation sites (tertiary alicyclic amines) is 1. The summed E-state index contributed by atoms with van der Waals surface area (Å²) in [4.78, 5) is 23.9. The lowest BCUT2D eigenvalue weighted by molar-refractivity contribution is -0.181. The quantitative estimate of drug-likeness (QED) is 0.670. The predicted molar refractivity (Wildman–Crippen MR) is 109 cm³/mol. The van der Waals surface area contributed by atoms with Crippen molar-refractivity contribution < 1.29 is 14.3 Å². The summed E-state index contributed by atoms with van der Waals surface area (Å²) in [6, 6.07) is 11.9. The molecule has 2 fully saturated rings. The van der Waals surface area contributed by atoms with Gasteiger partial charge >= 0.3 is 0 Å². The van der Waals surface area contributed by atoms with Crippen molar-refractivity contribution in [2.75, 3.05) is 26.3 Å². The highest BCUT2D eigenvalue weighted by atomic mass is 16.7. The van der Waals surface area contributed by atoms with E-state index in [-0.39, 0.29) is 5.91 Å². The Hall–Kier alpha value is -2.83. The molecule has 29 heavy (non-hydrogen) atoms. The third-order valence-corrected chi connectivity index (χ3v) is 5.87. The highest BCUT2D eigenvalue weighted by Crippen LogP contribution is 2.34. The predicted octanol–water partition coefficient (Wildman–Crippen LogP) is 3.58. The fraction of sp³-hybridized carbons (Fsp3) is 0.348. The number of amides is 1. The van der Waals surface area contributed by atoms with Crippen molar-refractivity contribution in [2.24, 2.45) is 0 Å². The zero-order chi connectivity index (χ0) is 19.8. The molecule has 0 N–H and O–H groups in total. The number of carbonyl (C=O) groups is 1. The number of hydrogen-bond acceptors (Lipinski definition) is 5. The number of aromatic nitrogens is 2. The van der Waals surface area contributed by atoms with Crippen LogP contribution >= 0.6 is 0 Å². The molecule has 3 heterocycles. The lowest BCUT2D eigenvalue weighted by Crippen LogP contribution is -2.47. The number of aryl methyl sites for hydroxylation is 1. The minimum atomic E-state index is -0.478. The number of nitrogens with zero attached hydrogens (tertiary/aromatic N) is 3. The first-order chi connectivity index (χ1) is 14.2. The molecule has 1 amide bonds. The third-order valence-electron chi connectivity index (χ3n) is 5.87. The van der Waals surface area contributed by atoms with Gasteiger partial charge in [-0.15, -0.1) is 0 Å². The topological polar surface area (TPSA) is 64.6 Å². The fourth-order valence-corrected chi connectivity index (χ4v) is 4.29. The summed E-state index contributed by atoms with van der Waals surface area (Å²) in [7, 11) is 0.